The fraction of sp³-hybridized carbons (Fsp3) is 0.538. The summed E-state index contributed by atoms with van der Waals surface area (Å²) in [7, 11) is 0. The van der Waals surface area contributed by atoms with Crippen molar-refractivity contribution < 1.29 is 17.6 Å². The Morgan fingerprint density at radius 2 is 1.63 bits per heavy atom. The van der Waals surface area contributed by atoms with Crippen LogP contribution in [-0.4, -0.2) is 37.1 Å². The lowest BCUT2D eigenvalue weighted by Gasteiger charge is -2.39. The first kappa shape index (κ1) is 12.7. The number of anilines is 1. The Hall–Kier alpha value is -1.30. The minimum absolute atomic E-state index is 0.221. The van der Waals surface area contributed by atoms with Crippen LogP contribution in [0.4, 0.5) is 23.2 Å². The minimum atomic E-state index is -1.34. The van der Waals surface area contributed by atoms with Crippen molar-refractivity contribution in [3.8, 4) is 0 Å². The van der Waals surface area contributed by atoms with Crippen LogP contribution in [0.15, 0.2) is 6.07 Å². The maximum atomic E-state index is 13.7. The van der Waals surface area contributed by atoms with Crippen LogP contribution in [0.2, 0.25) is 0 Å². The third-order valence-corrected chi connectivity index (χ3v) is 3.99. The van der Waals surface area contributed by atoms with Gasteiger partial charge in [0.05, 0.1) is 0 Å². The lowest BCUT2D eigenvalue weighted by molar-refractivity contribution is 0.229. The molecule has 1 aromatic rings. The first-order chi connectivity index (χ1) is 9.08. The molecule has 0 spiro atoms. The molecule has 0 bridgehead atoms. The number of rotatable bonds is 1. The fourth-order valence-electron chi connectivity index (χ4n) is 3.03. The molecule has 0 N–H and O–H groups in total. The number of hydrogen-bond acceptors (Lipinski definition) is 2. The van der Waals surface area contributed by atoms with Crippen molar-refractivity contribution >= 4 is 5.69 Å². The van der Waals surface area contributed by atoms with Gasteiger partial charge in [0.1, 0.15) is 5.69 Å². The van der Waals surface area contributed by atoms with Gasteiger partial charge in [-0.05, 0) is 19.4 Å². The maximum absolute atomic E-state index is 13.7. The number of halogens is 4. The zero-order valence-electron chi connectivity index (χ0n) is 10.3. The van der Waals surface area contributed by atoms with E-state index in [1.807, 2.05) is 0 Å². The van der Waals surface area contributed by atoms with Gasteiger partial charge in [0, 0.05) is 31.7 Å². The summed E-state index contributed by atoms with van der Waals surface area (Å²) in [5, 5.41) is 0. The molecule has 0 aliphatic carbocycles. The molecule has 0 aromatic heterocycles. The van der Waals surface area contributed by atoms with Crippen LogP contribution < -0.4 is 4.90 Å². The van der Waals surface area contributed by atoms with Crippen molar-refractivity contribution in [2.24, 2.45) is 0 Å². The molecule has 2 saturated heterocycles. The number of piperazine rings is 1. The van der Waals surface area contributed by atoms with Crippen molar-refractivity contribution in [1.82, 2.24) is 4.90 Å². The summed E-state index contributed by atoms with van der Waals surface area (Å²) in [5.74, 6) is -5.29. The van der Waals surface area contributed by atoms with Crippen molar-refractivity contribution in [3.05, 3.63) is 29.3 Å². The van der Waals surface area contributed by atoms with Crippen molar-refractivity contribution in [2.45, 2.75) is 18.9 Å². The van der Waals surface area contributed by atoms with Gasteiger partial charge in [-0.3, -0.25) is 4.90 Å². The van der Waals surface area contributed by atoms with E-state index < -0.39 is 29.0 Å². The topological polar surface area (TPSA) is 6.48 Å². The van der Waals surface area contributed by atoms with Crippen LogP contribution in [0, 0.1) is 23.3 Å². The second kappa shape index (κ2) is 4.67. The second-order valence-electron chi connectivity index (χ2n) is 5.09. The molecule has 104 valence electrons. The zero-order chi connectivity index (χ0) is 13.6. The van der Waals surface area contributed by atoms with Gasteiger partial charge in [-0.15, -0.1) is 0 Å². The van der Waals surface area contributed by atoms with E-state index in [2.05, 4.69) is 4.90 Å². The molecule has 19 heavy (non-hydrogen) atoms. The molecule has 1 unspecified atom stereocenters. The molecule has 2 fully saturated rings. The first-order valence-corrected chi connectivity index (χ1v) is 6.40. The molecule has 0 saturated carbocycles. The molecule has 2 aliphatic rings. The minimum Gasteiger partial charge on any atom is -0.364 e. The molecule has 6 heteroatoms. The molecule has 0 radical (unpaired) electrons. The Balaban J connectivity index is 1.94. The van der Waals surface area contributed by atoms with E-state index in [1.54, 1.807) is 0 Å². The Bertz CT molecular complexity index is 480. The number of benzene rings is 1. The fourth-order valence-corrected chi connectivity index (χ4v) is 3.03. The Morgan fingerprint density at radius 3 is 2.32 bits per heavy atom. The third-order valence-electron chi connectivity index (χ3n) is 3.99. The van der Waals surface area contributed by atoms with E-state index in [4.69, 9.17) is 0 Å². The van der Waals surface area contributed by atoms with E-state index in [9.17, 15) is 17.6 Å². The van der Waals surface area contributed by atoms with Gasteiger partial charge in [0.25, 0.3) is 0 Å². The van der Waals surface area contributed by atoms with E-state index in [0.717, 1.165) is 19.4 Å². The molecular weight excluding hydrogens is 260 g/mol. The summed E-state index contributed by atoms with van der Waals surface area (Å²) in [6.45, 7) is 2.45. The van der Waals surface area contributed by atoms with Gasteiger partial charge >= 0.3 is 0 Å². The molecule has 3 rings (SSSR count). The molecule has 1 aromatic carbocycles. The van der Waals surface area contributed by atoms with Gasteiger partial charge in [-0.25, -0.2) is 17.6 Å². The Kier molecular flexibility index (Phi) is 3.12. The predicted molar refractivity (Wildman–Crippen MR) is 63.1 cm³/mol. The van der Waals surface area contributed by atoms with Crippen LogP contribution in [0.25, 0.3) is 0 Å². The van der Waals surface area contributed by atoms with Gasteiger partial charge in [-0.1, -0.05) is 0 Å². The van der Waals surface area contributed by atoms with Crippen molar-refractivity contribution in [2.75, 3.05) is 31.1 Å². The van der Waals surface area contributed by atoms with Crippen LogP contribution in [0.5, 0.6) is 0 Å². The average molecular weight is 274 g/mol. The van der Waals surface area contributed by atoms with Crippen LogP contribution in [0.1, 0.15) is 12.8 Å². The predicted octanol–water partition coefficient (Wildman–Crippen LogP) is 2.53. The summed E-state index contributed by atoms with van der Waals surface area (Å²) in [4.78, 5) is 3.67. The summed E-state index contributed by atoms with van der Waals surface area (Å²) < 4.78 is 53.9. The van der Waals surface area contributed by atoms with Crippen LogP contribution >= 0.6 is 0 Å². The van der Waals surface area contributed by atoms with E-state index in [-0.39, 0.29) is 12.1 Å². The third kappa shape index (κ3) is 2.08. The summed E-state index contributed by atoms with van der Waals surface area (Å²) in [6, 6.07) is 0.471. The van der Waals surface area contributed by atoms with Gasteiger partial charge in [-0.2, -0.15) is 0 Å². The first-order valence-electron chi connectivity index (χ1n) is 6.40. The average Bonchev–Trinajstić information content (AvgIpc) is 2.84. The zero-order valence-corrected chi connectivity index (χ0v) is 10.3. The van der Waals surface area contributed by atoms with E-state index in [1.165, 1.54) is 4.90 Å². The molecule has 1 atom stereocenters. The molecule has 2 aliphatic heterocycles. The maximum Gasteiger partial charge on any atom is 0.185 e. The van der Waals surface area contributed by atoms with Crippen LogP contribution in [0.3, 0.4) is 0 Å². The second-order valence-corrected chi connectivity index (χ2v) is 5.09. The monoisotopic (exact) mass is 274 g/mol. The number of hydrogen-bond donors (Lipinski definition) is 0. The van der Waals surface area contributed by atoms with Gasteiger partial charge in [0.2, 0.25) is 0 Å². The van der Waals surface area contributed by atoms with Gasteiger partial charge in [0.15, 0.2) is 23.3 Å². The summed E-state index contributed by atoms with van der Waals surface area (Å²) >= 11 is 0. The molecule has 2 nitrogen and oxygen atoms in total. The molecular formula is C13H14F4N2. The standard InChI is InChI=1S/C13H14F4N2/c14-9-6-10(15)12(17)13(11(9)16)19-5-4-18-3-1-2-8(18)7-19/h6,8H,1-5,7H2. The highest BCUT2D eigenvalue weighted by Crippen LogP contribution is 2.31. The van der Waals surface area contributed by atoms with Gasteiger partial charge < -0.3 is 4.90 Å². The van der Waals surface area contributed by atoms with Crippen LogP contribution in [-0.2, 0) is 0 Å². The SMILES string of the molecule is Fc1cc(F)c(F)c(N2CCN3CCCC3C2)c1F. The summed E-state index contributed by atoms with van der Waals surface area (Å²) in [6.07, 6.45) is 2.01. The number of fused-ring (bicyclic) bond motifs is 1. The highest BCUT2D eigenvalue weighted by Gasteiger charge is 2.33. The largest absolute Gasteiger partial charge is 0.364 e. The quantitative estimate of drug-likeness (QED) is 0.573. The lowest BCUT2D eigenvalue weighted by atomic mass is 10.1. The normalized spacial score (nSPS) is 23.8. The molecule has 0 amide bonds. The highest BCUT2D eigenvalue weighted by atomic mass is 19.2. The van der Waals surface area contributed by atoms with E-state index in [0.29, 0.717) is 19.6 Å². The Labute approximate surface area is 108 Å². The Morgan fingerprint density at radius 1 is 0.947 bits per heavy atom. The summed E-state index contributed by atoms with van der Waals surface area (Å²) in [5.41, 5.74) is -0.566. The van der Waals surface area contributed by atoms with Crippen molar-refractivity contribution in [3.63, 3.8) is 0 Å². The van der Waals surface area contributed by atoms with Crippen molar-refractivity contribution in [1.29, 1.82) is 0 Å². The van der Waals surface area contributed by atoms with E-state index >= 15 is 0 Å². The molecule has 2 heterocycles. The highest BCUT2D eigenvalue weighted by molar-refractivity contribution is 5.51. The lowest BCUT2D eigenvalue weighted by Crippen LogP contribution is -2.50. The number of nitrogens with zero attached hydrogens (tertiary/aromatic N) is 2. The smallest absolute Gasteiger partial charge is 0.185 e.